The Labute approximate surface area is 164 Å². The highest BCUT2D eigenvalue weighted by molar-refractivity contribution is 8.00. The Morgan fingerprint density at radius 1 is 1.11 bits per heavy atom. The van der Waals surface area contributed by atoms with Crippen LogP contribution in [0.3, 0.4) is 0 Å². The molecule has 6 nitrogen and oxygen atoms in total. The first-order chi connectivity index (χ1) is 13.1. The number of thioether (sulfide) groups is 1. The highest BCUT2D eigenvalue weighted by atomic mass is 32.2. The number of nitrogens with zero attached hydrogens (tertiary/aromatic N) is 2. The van der Waals surface area contributed by atoms with Gasteiger partial charge in [-0.05, 0) is 48.9 Å². The lowest BCUT2D eigenvalue weighted by molar-refractivity contribution is 0.262. The lowest BCUT2D eigenvalue weighted by Gasteiger charge is -2.06. The zero-order chi connectivity index (χ0) is 19.1. The first-order valence-corrected chi connectivity index (χ1v) is 9.94. The summed E-state index contributed by atoms with van der Waals surface area (Å²) in [5.74, 6) is 1.13. The average molecular weight is 404 g/mol. The predicted octanol–water partition coefficient (Wildman–Crippen LogP) is 5.01. The normalized spacial score (nSPS) is 10.4. The van der Waals surface area contributed by atoms with Crippen molar-refractivity contribution in [2.75, 3.05) is 17.2 Å². The molecule has 0 radical (unpaired) electrons. The molecule has 1 heterocycles. The van der Waals surface area contributed by atoms with Crippen LogP contribution in [-0.2, 0) is 5.75 Å². The fraction of sp³-hybridized carbons (Fsp3) is 0.167. The van der Waals surface area contributed by atoms with Crippen LogP contribution >= 0.6 is 23.1 Å². The van der Waals surface area contributed by atoms with E-state index in [-0.39, 0.29) is 5.82 Å². The highest BCUT2D eigenvalue weighted by Crippen LogP contribution is 2.28. The number of ether oxygens (including phenoxy) is 1. The number of rotatable bonds is 7. The molecule has 0 aliphatic heterocycles. The van der Waals surface area contributed by atoms with Gasteiger partial charge in [0.15, 0.2) is 4.34 Å². The van der Waals surface area contributed by atoms with E-state index < -0.39 is 6.03 Å². The van der Waals surface area contributed by atoms with Crippen molar-refractivity contribution >= 4 is 39.9 Å². The molecule has 0 atom stereocenters. The number of amides is 2. The van der Waals surface area contributed by atoms with Crippen LogP contribution in [0.15, 0.2) is 52.9 Å². The minimum Gasteiger partial charge on any atom is -0.494 e. The van der Waals surface area contributed by atoms with Crippen molar-refractivity contribution in [2.24, 2.45) is 0 Å². The number of aromatic nitrogens is 2. The van der Waals surface area contributed by atoms with E-state index >= 15 is 0 Å². The lowest BCUT2D eigenvalue weighted by Crippen LogP contribution is -2.19. The Hall–Kier alpha value is -2.65. The average Bonchev–Trinajstić information content (AvgIpc) is 3.10. The van der Waals surface area contributed by atoms with Gasteiger partial charge in [-0.15, -0.1) is 10.2 Å². The van der Waals surface area contributed by atoms with E-state index in [0.717, 1.165) is 15.7 Å². The number of anilines is 2. The van der Waals surface area contributed by atoms with Crippen LogP contribution in [0.2, 0.25) is 0 Å². The molecule has 0 bridgehead atoms. The summed E-state index contributed by atoms with van der Waals surface area (Å²) in [5, 5.41) is 13.8. The summed E-state index contributed by atoms with van der Waals surface area (Å²) in [5.41, 5.74) is 1.63. The molecule has 3 aromatic rings. The molecule has 0 aliphatic carbocycles. The van der Waals surface area contributed by atoms with Gasteiger partial charge in [-0.25, -0.2) is 9.18 Å². The summed E-state index contributed by atoms with van der Waals surface area (Å²) in [7, 11) is 0. The maximum absolute atomic E-state index is 12.9. The minimum absolute atomic E-state index is 0.260. The zero-order valence-electron chi connectivity index (χ0n) is 14.4. The third-order valence-corrected chi connectivity index (χ3v) is 5.37. The van der Waals surface area contributed by atoms with Crippen LogP contribution in [0.5, 0.6) is 5.75 Å². The van der Waals surface area contributed by atoms with Crippen molar-refractivity contribution in [3.63, 3.8) is 0 Å². The smallest absolute Gasteiger partial charge is 0.325 e. The summed E-state index contributed by atoms with van der Waals surface area (Å²) in [6.07, 6.45) is 0. The predicted molar refractivity (Wildman–Crippen MR) is 106 cm³/mol. The van der Waals surface area contributed by atoms with Crippen molar-refractivity contribution in [3.8, 4) is 5.75 Å². The van der Waals surface area contributed by atoms with E-state index in [1.54, 1.807) is 36.4 Å². The van der Waals surface area contributed by atoms with Gasteiger partial charge in [-0.3, -0.25) is 5.32 Å². The number of hydrogen-bond donors (Lipinski definition) is 2. The number of carbonyl (C=O) groups is 1. The maximum Gasteiger partial charge on any atom is 0.325 e. The third kappa shape index (κ3) is 5.93. The van der Waals surface area contributed by atoms with Crippen molar-refractivity contribution in [3.05, 3.63) is 59.9 Å². The van der Waals surface area contributed by atoms with Gasteiger partial charge in [0.2, 0.25) is 5.13 Å². The number of carbonyl (C=O) groups excluding carboxylic acids is 1. The largest absolute Gasteiger partial charge is 0.494 e. The monoisotopic (exact) mass is 404 g/mol. The van der Waals surface area contributed by atoms with Gasteiger partial charge in [0, 0.05) is 11.4 Å². The van der Waals surface area contributed by atoms with E-state index in [4.69, 9.17) is 4.74 Å². The number of nitrogens with one attached hydrogen (secondary N) is 2. The molecule has 9 heteroatoms. The molecule has 0 aliphatic rings. The molecule has 0 unspecified atom stereocenters. The van der Waals surface area contributed by atoms with E-state index in [1.807, 2.05) is 6.92 Å². The minimum atomic E-state index is -0.398. The van der Waals surface area contributed by atoms with E-state index in [1.165, 1.54) is 35.2 Å². The fourth-order valence-electron chi connectivity index (χ4n) is 2.10. The number of urea groups is 1. The molecule has 1 aromatic heterocycles. The summed E-state index contributed by atoms with van der Waals surface area (Å²) >= 11 is 2.75. The van der Waals surface area contributed by atoms with Gasteiger partial charge in [0.25, 0.3) is 0 Å². The van der Waals surface area contributed by atoms with Gasteiger partial charge in [0.1, 0.15) is 11.6 Å². The Morgan fingerprint density at radius 2 is 1.85 bits per heavy atom. The van der Waals surface area contributed by atoms with Crippen LogP contribution in [-0.4, -0.2) is 22.8 Å². The summed E-state index contributed by atoms with van der Waals surface area (Å²) < 4.78 is 19.0. The molecule has 2 N–H and O–H groups in total. The van der Waals surface area contributed by atoms with Gasteiger partial charge in [0.05, 0.1) is 6.61 Å². The molecule has 0 saturated heterocycles. The van der Waals surface area contributed by atoms with Crippen molar-refractivity contribution in [2.45, 2.75) is 17.0 Å². The fourth-order valence-corrected chi connectivity index (χ4v) is 3.81. The zero-order valence-corrected chi connectivity index (χ0v) is 16.1. The van der Waals surface area contributed by atoms with Crippen LogP contribution in [0.25, 0.3) is 0 Å². The van der Waals surface area contributed by atoms with Crippen molar-refractivity contribution in [1.82, 2.24) is 10.2 Å². The quantitative estimate of drug-likeness (QED) is 0.427. The van der Waals surface area contributed by atoms with Crippen LogP contribution in [0, 0.1) is 5.82 Å². The van der Waals surface area contributed by atoms with Crippen LogP contribution < -0.4 is 15.4 Å². The van der Waals surface area contributed by atoms with Gasteiger partial charge in [-0.2, -0.15) is 0 Å². The molecule has 27 heavy (non-hydrogen) atoms. The van der Waals surface area contributed by atoms with Gasteiger partial charge in [-0.1, -0.05) is 35.2 Å². The molecular formula is C18H17FN4O2S2. The molecular weight excluding hydrogens is 387 g/mol. The topological polar surface area (TPSA) is 76.1 Å². The molecule has 0 fully saturated rings. The number of benzene rings is 2. The molecule has 140 valence electrons. The van der Waals surface area contributed by atoms with Crippen molar-refractivity contribution in [1.29, 1.82) is 0 Å². The number of hydrogen-bond acceptors (Lipinski definition) is 6. The summed E-state index contributed by atoms with van der Waals surface area (Å²) in [6.45, 7) is 2.50. The highest BCUT2D eigenvalue weighted by Gasteiger charge is 2.09. The van der Waals surface area contributed by atoms with E-state index in [2.05, 4.69) is 20.8 Å². The number of halogens is 1. The second-order valence-electron chi connectivity index (χ2n) is 5.32. The molecule has 3 rings (SSSR count). The Bertz CT molecular complexity index is 885. The lowest BCUT2D eigenvalue weighted by atomic mass is 10.2. The maximum atomic E-state index is 12.9. The Balaban J connectivity index is 1.49. The van der Waals surface area contributed by atoms with E-state index in [0.29, 0.717) is 23.2 Å². The van der Waals surface area contributed by atoms with Crippen LogP contribution in [0.1, 0.15) is 12.5 Å². The Kier molecular flexibility index (Phi) is 6.61. The van der Waals surface area contributed by atoms with Crippen molar-refractivity contribution < 1.29 is 13.9 Å². The standard InChI is InChI=1S/C18H17FN4O2S2/c1-2-25-15-9-7-14(8-10-15)20-16(24)21-17-22-23-18(27-17)26-11-12-3-5-13(19)6-4-12/h3-10H,2,11H2,1H3,(H2,20,21,22,24). The molecule has 0 spiro atoms. The second kappa shape index (κ2) is 9.33. The third-order valence-electron chi connectivity index (χ3n) is 3.33. The first-order valence-electron chi connectivity index (χ1n) is 8.14. The Morgan fingerprint density at radius 3 is 2.56 bits per heavy atom. The summed E-state index contributed by atoms with van der Waals surface area (Å²) in [4.78, 5) is 12.1. The molecule has 2 aromatic carbocycles. The van der Waals surface area contributed by atoms with E-state index in [9.17, 15) is 9.18 Å². The summed E-state index contributed by atoms with van der Waals surface area (Å²) in [6, 6.07) is 13.0. The molecule has 2 amide bonds. The first kappa shape index (κ1) is 19.1. The molecule has 0 saturated carbocycles. The SMILES string of the molecule is CCOc1ccc(NC(=O)Nc2nnc(SCc3ccc(F)cc3)s2)cc1. The van der Waals surface area contributed by atoms with Gasteiger partial charge >= 0.3 is 6.03 Å². The second-order valence-corrected chi connectivity index (χ2v) is 7.52. The van der Waals surface area contributed by atoms with Crippen LogP contribution in [0.4, 0.5) is 20.0 Å². The van der Waals surface area contributed by atoms with Gasteiger partial charge < -0.3 is 10.1 Å².